The first-order valence-electron chi connectivity index (χ1n) is 10.8. The van der Waals surface area contributed by atoms with Gasteiger partial charge in [-0.2, -0.15) is 0 Å². The van der Waals surface area contributed by atoms with Crippen LogP contribution in [0.5, 0.6) is 5.75 Å². The Morgan fingerprint density at radius 3 is 2.77 bits per heavy atom. The number of hydrogen-bond donors (Lipinski definition) is 1. The Labute approximate surface area is 176 Å². The van der Waals surface area contributed by atoms with Gasteiger partial charge in [0.05, 0.1) is 0 Å². The van der Waals surface area contributed by atoms with E-state index < -0.39 is 6.09 Å². The lowest BCUT2D eigenvalue weighted by Gasteiger charge is -2.33. The zero-order valence-corrected chi connectivity index (χ0v) is 17.0. The number of amides is 1. The number of furan rings is 1. The van der Waals surface area contributed by atoms with Gasteiger partial charge in [-0.15, -0.1) is 0 Å². The van der Waals surface area contributed by atoms with Crippen molar-refractivity contribution in [2.24, 2.45) is 0 Å². The Morgan fingerprint density at radius 2 is 1.87 bits per heavy atom. The molecule has 30 heavy (non-hydrogen) atoms. The Balaban J connectivity index is 1.45. The molecule has 1 saturated heterocycles. The average Bonchev–Trinajstić information content (AvgIpc) is 2.98. The number of allylic oxidation sites excluding steroid dienone is 1. The molecular formula is C25H26N2O3. The molecule has 1 unspecified atom stereocenters. The van der Waals surface area contributed by atoms with E-state index in [1.54, 1.807) is 12.1 Å². The van der Waals surface area contributed by atoms with Gasteiger partial charge in [-0.05, 0) is 56.0 Å². The Morgan fingerprint density at radius 1 is 1.03 bits per heavy atom. The van der Waals surface area contributed by atoms with Gasteiger partial charge < -0.3 is 9.15 Å². The number of benzene rings is 2. The highest BCUT2D eigenvalue weighted by Gasteiger charge is 2.27. The molecule has 1 N–H and O–H groups in total. The molecule has 5 rings (SSSR count). The van der Waals surface area contributed by atoms with Crippen molar-refractivity contribution in [2.75, 3.05) is 18.4 Å². The second-order valence-electron chi connectivity index (χ2n) is 8.04. The summed E-state index contributed by atoms with van der Waals surface area (Å²) in [6, 6.07) is 17.7. The second kappa shape index (κ2) is 8.36. The van der Waals surface area contributed by atoms with Crippen LogP contribution >= 0.6 is 0 Å². The summed E-state index contributed by atoms with van der Waals surface area (Å²) < 4.78 is 11.5. The number of carbonyl (C=O) groups is 1. The maximum absolute atomic E-state index is 12.5. The first-order valence-corrected chi connectivity index (χ1v) is 10.8. The predicted molar refractivity (Wildman–Crippen MR) is 119 cm³/mol. The van der Waals surface area contributed by atoms with Crippen LogP contribution in [0.2, 0.25) is 0 Å². The van der Waals surface area contributed by atoms with Gasteiger partial charge in [0, 0.05) is 23.5 Å². The molecule has 0 spiro atoms. The minimum atomic E-state index is -0.548. The molecule has 0 aliphatic carbocycles. The third kappa shape index (κ3) is 3.85. The molecule has 1 amide bonds. The molecule has 5 heteroatoms. The van der Waals surface area contributed by atoms with E-state index in [9.17, 15) is 4.79 Å². The van der Waals surface area contributed by atoms with Gasteiger partial charge in [0.15, 0.2) is 0 Å². The van der Waals surface area contributed by atoms with Gasteiger partial charge >= 0.3 is 6.09 Å². The number of ether oxygens (including phenoxy) is 1. The van der Waals surface area contributed by atoms with E-state index in [-0.39, 0.29) is 0 Å². The van der Waals surface area contributed by atoms with Gasteiger partial charge in [-0.1, -0.05) is 48.9 Å². The summed E-state index contributed by atoms with van der Waals surface area (Å²) in [5.74, 6) is 0.960. The highest BCUT2D eigenvalue weighted by Crippen LogP contribution is 2.39. The smallest absolute Gasteiger partial charge is 0.419 e. The SMILES string of the molecule is O=C(Nc1oc2ccccc2c1C1=CCN2CCCCC2CC1)Oc1ccccc1. The molecule has 0 radical (unpaired) electrons. The van der Waals surface area contributed by atoms with Gasteiger partial charge in [0.25, 0.3) is 0 Å². The fourth-order valence-electron chi connectivity index (χ4n) is 4.67. The Kier molecular flexibility index (Phi) is 5.28. The Hall–Kier alpha value is -3.05. The van der Waals surface area contributed by atoms with E-state index in [1.807, 2.05) is 36.4 Å². The number of para-hydroxylation sites is 2. The monoisotopic (exact) mass is 402 g/mol. The van der Waals surface area contributed by atoms with Gasteiger partial charge in [0.2, 0.25) is 5.88 Å². The molecule has 0 saturated carbocycles. The fraction of sp³-hybridized carbons (Fsp3) is 0.320. The second-order valence-corrected chi connectivity index (χ2v) is 8.04. The molecule has 1 atom stereocenters. The molecule has 2 aromatic carbocycles. The zero-order chi connectivity index (χ0) is 20.3. The number of rotatable bonds is 3. The largest absolute Gasteiger partial charge is 0.440 e. The maximum atomic E-state index is 12.5. The molecule has 2 aliphatic heterocycles. The summed E-state index contributed by atoms with van der Waals surface area (Å²) in [4.78, 5) is 15.1. The topological polar surface area (TPSA) is 54.7 Å². The average molecular weight is 402 g/mol. The van der Waals surface area contributed by atoms with Crippen molar-refractivity contribution in [3.8, 4) is 5.75 Å². The number of nitrogens with zero attached hydrogens (tertiary/aromatic N) is 1. The van der Waals surface area contributed by atoms with Crippen molar-refractivity contribution in [1.29, 1.82) is 0 Å². The van der Waals surface area contributed by atoms with Crippen molar-refractivity contribution in [3.05, 3.63) is 66.2 Å². The van der Waals surface area contributed by atoms with Gasteiger partial charge in [-0.3, -0.25) is 10.2 Å². The minimum Gasteiger partial charge on any atom is -0.440 e. The lowest BCUT2D eigenvalue weighted by Crippen LogP contribution is -2.38. The van der Waals surface area contributed by atoms with Gasteiger partial charge in [0.1, 0.15) is 11.3 Å². The van der Waals surface area contributed by atoms with Crippen LogP contribution in [0.3, 0.4) is 0 Å². The maximum Gasteiger partial charge on any atom is 0.419 e. The number of piperidine rings is 1. The van der Waals surface area contributed by atoms with Crippen LogP contribution in [0.1, 0.15) is 37.7 Å². The summed E-state index contributed by atoms with van der Waals surface area (Å²) in [6.07, 6.45) is 7.77. The van der Waals surface area contributed by atoms with Crippen molar-refractivity contribution >= 4 is 28.5 Å². The molecule has 3 aromatic rings. The highest BCUT2D eigenvalue weighted by atomic mass is 16.6. The van der Waals surface area contributed by atoms with Gasteiger partial charge in [-0.25, -0.2) is 4.79 Å². The number of hydrogen-bond acceptors (Lipinski definition) is 4. The first-order chi connectivity index (χ1) is 14.8. The molecular weight excluding hydrogens is 376 g/mol. The quantitative estimate of drug-likeness (QED) is 0.577. The van der Waals surface area contributed by atoms with Crippen LogP contribution < -0.4 is 10.1 Å². The van der Waals surface area contributed by atoms with Crippen molar-refractivity contribution in [1.82, 2.24) is 4.90 Å². The molecule has 1 aromatic heterocycles. The molecule has 2 aliphatic rings. The minimum absolute atomic E-state index is 0.461. The fourth-order valence-corrected chi connectivity index (χ4v) is 4.67. The molecule has 1 fully saturated rings. The summed E-state index contributed by atoms with van der Waals surface area (Å²) in [5, 5.41) is 3.87. The number of carbonyl (C=O) groups excluding carboxylic acids is 1. The number of anilines is 1. The third-order valence-corrected chi connectivity index (χ3v) is 6.15. The Bertz CT molecular complexity index is 1070. The third-order valence-electron chi connectivity index (χ3n) is 6.15. The lowest BCUT2D eigenvalue weighted by molar-refractivity contribution is 0.161. The van der Waals surface area contributed by atoms with E-state index in [0.717, 1.165) is 35.9 Å². The number of nitrogens with one attached hydrogen (secondary N) is 1. The van der Waals surface area contributed by atoms with Crippen LogP contribution in [-0.2, 0) is 0 Å². The lowest BCUT2D eigenvalue weighted by atomic mass is 9.95. The summed E-state index contributed by atoms with van der Waals surface area (Å²) in [7, 11) is 0. The summed E-state index contributed by atoms with van der Waals surface area (Å²) in [6.45, 7) is 2.13. The van der Waals surface area contributed by atoms with Crippen LogP contribution in [0, 0.1) is 0 Å². The molecule has 3 heterocycles. The standard InChI is InChI=1S/C25H26N2O3/c28-25(29-20-9-2-1-3-10-20)26-24-23(21-11-4-5-12-22(21)30-24)18-13-14-19-8-6-7-16-27(19)17-15-18/h1-5,9-12,15,19H,6-8,13-14,16-17H2,(H,26,28). The van der Waals surface area contributed by atoms with E-state index in [1.165, 1.54) is 31.4 Å². The van der Waals surface area contributed by atoms with Crippen molar-refractivity contribution < 1.29 is 13.9 Å². The molecule has 0 bridgehead atoms. The predicted octanol–water partition coefficient (Wildman–Crippen LogP) is 6.08. The van der Waals surface area contributed by atoms with Crippen LogP contribution in [0.25, 0.3) is 16.5 Å². The molecule has 5 nitrogen and oxygen atoms in total. The van der Waals surface area contributed by atoms with E-state index in [0.29, 0.717) is 17.7 Å². The normalized spacial score (nSPS) is 19.6. The first kappa shape index (κ1) is 18.9. The van der Waals surface area contributed by atoms with Crippen molar-refractivity contribution in [3.63, 3.8) is 0 Å². The van der Waals surface area contributed by atoms with E-state index in [4.69, 9.17) is 9.15 Å². The van der Waals surface area contributed by atoms with Crippen LogP contribution in [0.4, 0.5) is 10.7 Å². The van der Waals surface area contributed by atoms with Crippen LogP contribution in [0.15, 0.2) is 65.1 Å². The summed E-state index contributed by atoms with van der Waals surface area (Å²) in [5.41, 5.74) is 2.99. The van der Waals surface area contributed by atoms with Crippen molar-refractivity contribution in [2.45, 2.75) is 38.1 Å². The van der Waals surface area contributed by atoms with Crippen LogP contribution in [-0.4, -0.2) is 30.1 Å². The summed E-state index contributed by atoms with van der Waals surface area (Å²) >= 11 is 0. The molecule has 154 valence electrons. The van der Waals surface area contributed by atoms with E-state index >= 15 is 0 Å². The zero-order valence-electron chi connectivity index (χ0n) is 17.0. The highest BCUT2D eigenvalue weighted by molar-refractivity contribution is 6.00. The number of fused-ring (bicyclic) bond motifs is 2. The van der Waals surface area contributed by atoms with E-state index in [2.05, 4.69) is 22.4 Å².